The number of hydrogen-bond donors (Lipinski definition) is 1. The fourth-order valence-electron chi connectivity index (χ4n) is 1.45. The summed E-state index contributed by atoms with van der Waals surface area (Å²) in [6.07, 6.45) is 0.615. The van der Waals surface area contributed by atoms with E-state index in [0.717, 1.165) is 13.1 Å². The molecule has 1 aliphatic rings. The standard InChI is InChI=1S/C8H15N2O2/c1-7(12)10-4-3-9-8(6-10)2-5-11/h8-9H,2-6H2,1H3. The van der Waals surface area contributed by atoms with E-state index in [-0.39, 0.29) is 18.6 Å². The maximum Gasteiger partial charge on any atom is 0.219 e. The van der Waals surface area contributed by atoms with Gasteiger partial charge in [0.2, 0.25) is 5.91 Å². The van der Waals surface area contributed by atoms with Crippen molar-refractivity contribution in [2.45, 2.75) is 19.4 Å². The summed E-state index contributed by atoms with van der Waals surface area (Å²) in [6.45, 7) is 3.77. The minimum atomic E-state index is -0.0661. The molecule has 1 atom stereocenters. The topological polar surface area (TPSA) is 52.2 Å². The van der Waals surface area contributed by atoms with Crippen LogP contribution >= 0.6 is 0 Å². The van der Waals surface area contributed by atoms with Crippen LogP contribution in [0.15, 0.2) is 0 Å². The van der Waals surface area contributed by atoms with Crippen molar-refractivity contribution in [3.05, 3.63) is 0 Å². The Kier molecular flexibility index (Phi) is 3.49. The summed E-state index contributed by atoms with van der Waals surface area (Å²) in [5.41, 5.74) is 0. The molecule has 0 aliphatic carbocycles. The molecule has 4 heteroatoms. The van der Waals surface area contributed by atoms with Crippen molar-refractivity contribution >= 4 is 5.91 Å². The zero-order valence-electron chi connectivity index (χ0n) is 7.38. The molecule has 4 nitrogen and oxygen atoms in total. The van der Waals surface area contributed by atoms with Gasteiger partial charge in [0.15, 0.2) is 0 Å². The lowest BCUT2D eigenvalue weighted by Gasteiger charge is -2.32. The molecule has 1 N–H and O–H groups in total. The Balaban J connectivity index is 2.35. The molecule has 0 bridgehead atoms. The Hall–Kier alpha value is -0.610. The number of carbonyl (C=O) groups excluding carboxylic acids is 1. The highest BCUT2D eigenvalue weighted by Crippen LogP contribution is 2.02. The minimum absolute atomic E-state index is 0.0661. The third-order valence-electron chi connectivity index (χ3n) is 2.17. The SMILES string of the molecule is CC(=O)N1CCNC(CC[O])C1. The first-order valence-electron chi connectivity index (χ1n) is 4.31. The zero-order valence-corrected chi connectivity index (χ0v) is 7.38. The number of rotatable bonds is 2. The fraction of sp³-hybridized carbons (Fsp3) is 0.875. The summed E-state index contributed by atoms with van der Waals surface area (Å²) in [7, 11) is 0. The molecule has 0 saturated carbocycles. The molecule has 1 unspecified atom stereocenters. The van der Waals surface area contributed by atoms with E-state index >= 15 is 0 Å². The molecule has 12 heavy (non-hydrogen) atoms. The molecule has 0 spiro atoms. The smallest absolute Gasteiger partial charge is 0.219 e. The number of piperazine rings is 1. The van der Waals surface area contributed by atoms with E-state index in [4.69, 9.17) is 0 Å². The minimum Gasteiger partial charge on any atom is -0.340 e. The number of hydrogen-bond acceptors (Lipinski definition) is 2. The van der Waals surface area contributed by atoms with Gasteiger partial charge >= 0.3 is 0 Å². The summed E-state index contributed by atoms with van der Waals surface area (Å²) in [5, 5.41) is 13.5. The van der Waals surface area contributed by atoms with Gasteiger partial charge in [0.05, 0.1) is 6.61 Å². The average Bonchev–Trinajstić information content (AvgIpc) is 2.05. The van der Waals surface area contributed by atoms with Gasteiger partial charge in [0, 0.05) is 32.6 Å². The molecule has 0 aromatic carbocycles. The van der Waals surface area contributed by atoms with E-state index < -0.39 is 0 Å². The number of nitrogens with one attached hydrogen (secondary N) is 1. The van der Waals surface area contributed by atoms with Crippen molar-refractivity contribution in [3.63, 3.8) is 0 Å². The van der Waals surface area contributed by atoms with Crippen LogP contribution in [0.5, 0.6) is 0 Å². The maximum atomic E-state index is 11.0. The van der Waals surface area contributed by atoms with Gasteiger partial charge in [-0.15, -0.1) is 0 Å². The summed E-state index contributed by atoms with van der Waals surface area (Å²) in [6, 6.07) is 0.208. The van der Waals surface area contributed by atoms with Crippen molar-refractivity contribution in [1.82, 2.24) is 10.2 Å². The van der Waals surface area contributed by atoms with Crippen LogP contribution in [0, 0.1) is 0 Å². The number of amides is 1. The summed E-state index contributed by atoms with van der Waals surface area (Å²) in [5.74, 6) is 0.104. The molecule has 1 amide bonds. The van der Waals surface area contributed by atoms with Crippen LogP contribution in [0.2, 0.25) is 0 Å². The van der Waals surface area contributed by atoms with Crippen LogP contribution in [-0.4, -0.2) is 43.1 Å². The summed E-state index contributed by atoms with van der Waals surface area (Å²) in [4.78, 5) is 12.8. The van der Waals surface area contributed by atoms with E-state index in [2.05, 4.69) is 5.32 Å². The Morgan fingerprint density at radius 2 is 2.42 bits per heavy atom. The lowest BCUT2D eigenvalue weighted by atomic mass is 10.1. The molecule has 1 radical (unpaired) electrons. The highest BCUT2D eigenvalue weighted by atomic mass is 16.3. The molecule has 0 aromatic heterocycles. The molecular formula is C8H15N2O2. The molecule has 1 aliphatic heterocycles. The second kappa shape index (κ2) is 4.42. The Bertz CT molecular complexity index is 159. The Morgan fingerprint density at radius 1 is 1.67 bits per heavy atom. The predicted octanol–water partition coefficient (Wildman–Crippen LogP) is -0.373. The Labute approximate surface area is 72.6 Å². The first kappa shape index (κ1) is 9.48. The van der Waals surface area contributed by atoms with Gasteiger partial charge in [0.1, 0.15) is 0 Å². The van der Waals surface area contributed by atoms with E-state index in [1.54, 1.807) is 11.8 Å². The van der Waals surface area contributed by atoms with E-state index in [1.807, 2.05) is 0 Å². The molecule has 1 heterocycles. The first-order valence-corrected chi connectivity index (χ1v) is 4.31. The molecular weight excluding hydrogens is 156 g/mol. The molecule has 0 aromatic rings. The summed E-state index contributed by atoms with van der Waals surface area (Å²) < 4.78 is 0. The van der Waals surface area contributed by atoms with Gasteiger partial charge in [-0.25, -0.2) is 5.11 Å². The monoisotopic (exact) mass is 171 g/mol. The van der Waals surface area contributed by atoms with Crippen LogP contribution in [0.4, 0.5) is 0 Å². The molecule has 69 valence electrons. The van der Waals surface area contributed by atoms with Gasteiger partial charge in [-0.05, 0) is 6.42 Å². The van der Waals surface area contributed by atoms with Crippen molar-refractivity contribution < 1.29 is 9.90 Å². The largest absolute Gasteiger partial charge is 0.340 e. The van der Waals surface area contributed by atoms with Gasteiger partial charge in [-0.3, -0.25) is 4.79 Å². The summed E-state index contributed by atoms with van der Waals surface area (Å²) >= 11 is 0. The number of carbonyl (C=O) groups is 1. The van der Waals surface area contributed by atoms with Crippen LogP contribution in [0.25, 0.3) is 0 Å². The first-order chi connectivity index (χ1) is 5.74. The predicted molar refractivity (Wildman–Crippen MR) is 44.2 cm³/mol. The van der Waals surface area contributed by atoms with Crippen LogP contribution in [0.1, 0.15) is 13.3 Å². The second-order valence-electron chi connectivity index (χ2n) is 3.11. The van der Waals surface area contributed by atoms with E-state index in [1.165, 1.54) is 0 Å². The third-order valence-corrected chi connectivity index (χ3v) is 2.17. The molecule has 1 fully saturated rings. The van der Waals surface area contributed by atoms with E-state index in [0.29, 0.717) is 13.0 Å². The highest BCUT2D eigenvalue weighted by molar-refractivity contribution is 5.73. The highest BCUT2D eigenvalue weighted by Gasteiger charge is 2.19. The zero-order chi connectivity index (χ0) is 8.97. The quantitative estimate of drug-likeness (QED) is 0.616. The third kappa shape index (κ3) is 2.46. The molecule has 1 saturated heterocycles. The van der Waals surface area contributed by atoms with Crippen molar-refractivity contribution in [1.29, 1.82) is 0 Å². The lowest BCUT2D eigenvalue weighted by Crippen LogP contribution is -2.52. The number of nitrogens with zero attached hydrogens (tertiary/aromatic N) is 1. The van der Waals surface area contributed by atoms with Crippen LogP contribution < -0.4 is 5.32 Å². The van der Waals surface area contributed by atoms with Gasteiger partial charge in [-0.2, -0.15) is 0 Å². The van der Waals surface area contributed by atoms with Gasteiger partial charge in [-0.1, -0.05) is 0 Å². The van der Waals surface area contributed by atoms with Gasteiger partial charge < -0.3 is 10.2 Å². The van der Waals surface area contributed by atoms with Crippen LogP contribution in [0.3, 0.4) is 0 Å². The average molecular weight is 171 g/mol. The lowest BCUT2D eigenvalue weighted by molar-refractivity contribution is -0.130. The van der Waals surface area contributed by atoms with Gasteiger partial charge in [0.25, 0.3) is 0 Å². The fourth-order valence-corrected chi connectivity index (χ4v) is 1.45. The van der Waals surface area contributed by atoms with Crippen LogP contribution in [-0.2, 0) is 9.90 Å². The van der Waals surface area contributed by atoms with Crippen molar-refractivity contribution in [2.24, 2.45) is 0 Å². The van der Waals surface area contributed by atoms with Crippen molar-refractivity contribution in [3.8, 4) is 0 Å². The van der Waals surface area contributed by atoms with E-state index in [9.17, 15) is 9.90 Å². The van der Waals surface area contributed by atoms with Crippen molar-refractivity contribution in [2.75, 3.05) is 26.2 Å². The second-order valence-corrected chi connectivity index (χ2v) is 3.11. The molecule has 1 rings (SSSR count). The maximum absolute atomic E-state index is 11.0. The Morgan fingerprint density at radius 3 is 3.00 bits per heavy atom. The normalized spacial score (nSPS) is 24.2.